The quantitative estimate of drug-likeness (QED) is 0.244. The van der Waals surface area contributed by atoms with Crippen LogP contribution in [0.3, 0.4) is 0 Å². The number of nitrogens with zero attached hydrogens (tertiary/aromatic N) is 1. The van der Waals surface area contributed by atoms with E-state index in [1.165, 1.54) is 6.08 Å². The van der Waals surface area contributed by atoms with Gasteiger partial charge < -0.3 is 19.5 Å². The highest BCUT2D eigenvalue weighted by atomic mass is 16.5. The van der Waals surface area contributed by atoms with E-state index in [9.17, 15) is 14.7 Å². The summed E-state index contributed by atoms with van der Waals surface area (Å²) in [5.41, 5.74) is 2.63. The van der Waals surface area contributed by atoms with Crippen molar-refractivity contribution in [3.8, 4) is 11.5 Å². The Morgan fingerprint density at radius 3 is 2.35 bits per heavy atom. The molecule has 0 fully saturated rings. The molecule has 0 saturated carbocycles. The van der Waals surface area contributed by atoms with Crippen molar-refractivity contribution in [2.75, 3.05) is 19.8 Å². The molecule has 3 aromatic rings. The van der Waals surface area contributed by atoms with E-state index in [2.05, 4.69) is 13.8 Å². The van der Waals surface area contributed by atoms with Gasteiger partial charge in [0.05, 0.1) is 24.8 Å². The van der Waals surface area contributed by atoms with Gasteiger partial charge in [0.25, 0.3) is 5.91 Å². The van der Waals surface area contributed by atoms with Gasteiger partial charge in [-0.3, -0.25) is 9.59 Å². The van der Waals surface area contributed by atoms with E-state index in [4.69, 9.17) is 9.47 Å². The number of carbonyl (C=O) groups excluding carboxylic acids is 2. The molecule has 1 amide bonds. The number of benzene rings is 3. The maximum absolute atomic E-state index is 13.5. The zero-order chi connectivity index (χ0) is 28.5. The summed E-state index contributed by atoms with van der Waals surface area (Å²) in [7, 11) is 0. The van der Waals surface area contributed by atoms with Crippen LogP contribution in [0.5, 0.6) is 11.5 Å². The number of allylic oxidation sites excluding steroid dienone is 1. The first-order valence-electron chi connectivity index (χ1n) is 13.8. The van der Waals surface area contributed by atoms with Crippen LogP contribution in [0.1, 0.15) is 49.9 Å². The van der Waals surface area contributed by atoms with Gasteiger partial charge in [-0.05, 0) is 60.6 Å². The maximum Gasteiger partial charge on any atom is 0.290 e. The van der Waals surface area contributed by atoms with Crippen molar-refractivity contribution in [1.82, 2.24) is 4.90 Å². The van der Waals surface area contributed by atoms with Crippen molar-refractivity contribution in [2.24, 2.45) is 5.92 Å². The van der Waals surface area contributed by atoms with E-state index in [1.54, 1.807) is 11.0 Å². The molecule has 3 aromatic carbocycles. The van der Waals surface area contributed by atoms with Crippen LogP contribution in [0.25, 0.3) is 6.08 Å². The van der Waals surface area contributed by atoms with Crippen LogP contribution in [-0.4, -0.2) is 41.5 Å². The number of hydrogen-bond donors (Lipinski definition) is 1. The highest BCUT2D eigenvalue weighted by Crippen LogP contribution is 2.41. The third-order valence-electron chi connectivity index (χ3n) is 6.82. The summed E-state index contributed by atoms with van der Waals surface area (Å²) in [6, 6.07) is 24.0. The van der Waals surface area contributed by atoms with Crippen molar-refractivity contribution in [2.45, 2.75) is 39.7 Å². The minimum atomic E-state index is -0.770. The van der Waals surface area contributed by atoms with Gasteiger partial charge in [0.1, 0.15) is 0 Å². The van der Waals surface area contributed by atoms with Crippen molar-refractivity contribution >= 4 is 17.8 Å². The summed E-state index contributed by atoms with van der Waals surface area (Å²) in [6.07, 6.45) is 4.58. The van der Waals surface area contributed by atoms with Gasteiger partial charge in [0.15, 0.2) is 23.0 Å². The second-order valence-electron chi connectivity index (χ2n) is 10.2. The summed E-state index contributed by atoms with van der Waals surface area (Å²) >= 11 is 0. The predicted octanol–water partition coefficient (Wildman–Crippen LogP) is 6.73. The fraction of sp³-hybridized carbons (Fsp3) is 0.294. The molecule has 1 aliphatic rings. The third kappa shape index (κ3) is 7.00. The summed E-state index contributed by atoms with van der Waals surface area (Å²) in [5, 5.41) is 11.0. The lowest BCUT2D eigenvalue weighted by molar-refractivity contribution is -0.129. The lowest BCUT2D eigenvalue weighted by Gasteiger charge is -2.27. The second kappa shape index (κ2) is 13.7. The molecule has 4 rings (SSSR count). The fourth-order valence-corrected chi connectivity index (χ4v) is 4.69. The maximum atomic E-state index is 13.5. The first-order valence-corrected chi connectivity index (χ1v) is 13.8. The minimum Gasteiger partial charge on any atom is -0.503 e. The minimum absolute atomic E-state index is 0.0566. The first-order chi connectivity index (χ1) is 19.4. The monoisotopic (exact) mass is 539 g/mol. The largest absolute Gasteiger partial charge is 0.503 e. The summed E-state index contributed by atoms with van der Waals surface area (Å²) in [6.45, 7) is 7.48. The summed E-state index contributed by atoms with van der Waals surface area (Å²) in [5.74, 6) is 0.151. The van der Waals surface area contributed by atoms with E-state index >= 15 is 0 Å². The van der Waals surface area contributed by atoms with Crippen LogP contribution in [0.2, 0.25) is 0 Å². The Kier molecular flexibility index (Phi) is 9.79. The Bertz CT molecular complexity index is 1360. The number of aliphatic hydroxyl groups is 1. The standard InChI is InChI=1S/C34H37NO5/c1-4-39-30-23-27(16-18-29(30)40-22-20-24(2)3)32-31(28(36)17-15-25-11-7-5-8-12-25)33(37)34(38)35(32)21-19-26-13-9-6-10-14-26/h5-18,23-24,32,37H,4,19-22H2,1-3H3. The molecule has 0 spiro atoms. The molecule has 1 atom stereocenters. The summed E-state index contributed by atoms with van der Waals surface area (Å²) < 4.78 is 11.9. The molecule has 40 heavy (non-hydrogen) atoms. The number of rotatable bonds is 13. The average molecular weight is 540 g/mol. The Morgan fingerprint density at radius 1 is 0.975 bits per heavy atom. The molecule has 1 heterocycles. The molecular formula is C34H37NO5. The van der Waals surface area contributed by atoms with Crippen LogP contribution >= 0.6 is 0 Å². The zero-order valence-corrected chi connectivity index (χ0v) is 23.4. The smallest absolute Gasteiger partial charge is 0.290 e. The first kappa shape index (κ1) is 28.7. The molecule has 6 heteroatoms. The van der Waals surface area contributed by atoms with Gasteiger partial charge in [0, 0.05) is 6.54 Å². The van der Waals surface area contributed by atoms with Crippen molar-refractivity contribution < 1.29 is 24.2 Å². The third-order valence-corrected chi connectivity index (χ3v) is 6.82. The predicted molar refractivity (Wildman–Crippen MR) is 157 cm³/mol. The Labute approximate surface area is 236 Å². The van der Waals surface area contributed by atoms with Gasteiger partial charge in [-0.1, -0.05) is 86.7 Å². The molecule has 1 aliphatic heterocycles. The molecule has 1 unspecified atom stereocenters. The van der Waals surface area contributed by atoms with E-state index in [0.29, 0.717) is 49.2 Å². The van der Waals surface area contributed by atoms with Crippen LogP contribution in [-0.2, 0) is 16.0 Å². The van der Waals surface area contributed by atoms with E-state index in [1.807, 2.05) is 85.8 Å². The van der Waals surface area contributed by atoms with Crippen molar-refractivity contribution in [3.05, 3.63) is 113 Å². The average Bonchev–Trinajstić information content (AvgIpc) is 3.21. The number of hydrogen-bond acceptors (Lipinski definition) is 5. The molecule has 208 valence electrons. The Morgan fingerprint density at radius 2 is 1.68 bits per heavy atom. The lowest BCUT2D eigenvalue weighted by atomic mass is 9.95. The number of amides is 1. The zero-order valence-electron chi connectivity index (χ0n) is 23.4. The molecule has 0 saturated heterocycles. The summed E-state index contributed by atoms with van der Waals surface area (Å²) in [4.78, 5) is 28.5. The number of carbonyl (C=O) groups is 2. The molecule has 1 N–H and O–H groups in total. The van der Waals surface area contributed by atoms with Crippen LogP contribution in [0, 0.1) is 5.92 Å². The number of ether oxygens (including phenoxy) is 2. The fourth-order valence-electron chi connectivity index (χ4n) is 4.69. The van der Waals surface area contributed by atoms with Gasteiger partial charge in [0.2, 0.25) is 0 Å². The Hall–Kier alpha value is -4.32. The van der Waals surface area contributed by atoms with Gasteiger partial charge >= 0.3 is 0 Å². The second-order valence-corrected chi connectivity index (χ2v) is 10.2. The van der Waals surface area contributed by atoms with Crippen LogP contribution in [0.4, 0.5) is 0 Å². The van der Waals surface area contributed by atoms with Gasteiger partial charge in [-0.25, -0.2) is 0 Å². The topological polar surface area (TPSA) is 76.1 Å². The highest BCUT2D eigenvalue weighted by Gasteiger charge is 2.43. The van der Waals surface area contributed by atoms with Gasteiger partial charge in [-0.2, -0.15) is 0 Å². The van der Waals surface area contributed by atoms with Gasteiger partial charge in [-0.15, -0.1) is 0 Å². The van der Waals surface area contributed by atoms with Crippen LogP contribution in [0.15, 0.2) is 96.3 Å². The molecule has 0 aliphatic carbocycles. The highest BCUT2D eigenvalue weighted by molar-refractivity contribution is 6.14. The normalized spacial score (nSPS) is 15.3. The SMILES string of the molecule is CCOc1cc(C2C(C(=O)C=Cc3ccccc3)=C(O)C(=O)N2CCc2ccccc2)ccc1OCCC(C)C. The lowest BCUT2D eigenvalue weighted by Crippen LogP contribution is -2.33. The molecule has 6 nitrogen and oxygen atoms in total. The molecular weight excluding hydrogens is 502 g/mol. The van der Waals surface area contributed by atoms with E-state index < -0.39 is 23.5 Å². The molecule has 0 aromatic heterocycles. The number of aliphatic hydroxyl groups excluding tert-OH is 1. The van der Waals surface area contributed by atoms with Crippen molar-refractivity contribution in [1.29, 1.82) is 0 Å². The Balaban J connectivity index is 1.69. The van der Waals surface area contributed by atoms with E-state index in [-0.39, 0.29) is 5.57 Å². The number of ketones is 1. The molecule has 0 radical (unpaired) electrons. The van der Waals surface area contributed by atoms with E-state index in [0.717, 1.165) is 17.5 Å². The molecule has 0 bridgehead atoms. The van der Waals surface area contributed by atoms with Crippen molar-refractivity contribution in [3.63, 3.8) is 0 Å². The van der Waals surface area contributed by atoms with Crippen LogP contribution < -0.4 is 9.47 Å².